The van der Waals surface area contributed by atoms with E-state index in [9.17, 15) is 0 Å². The van der Waals surface area contributed by atoms with Crippen LogP contribution >= 0.6 is 22.9 Å². The van der Waals surface area contributed by atoms with Gasteiger partial charge in [-0.2, -0.15) is 4.98 Å². The molecule has 0 fully saturated rings. The number of hydrogen-bond donors (Lipinski definition) is 2. The van der Waals surface area contributed by atoms with E-state index in [1.807, 2.05) is 13.8 Å². The minimum Gasteiger partial charge on any atom is -0.447 e. The van der Waals surface area contributed by atoms with Gasteiger partial charge in [-0.05, 0) is 37.4 Å². The first-order chi connectivity index (χ1) is 10.5. The number of nitrogens with two attached hydrogens (primary N) is 1. The highest BCUT2D eigenvalue weighted by Gasteiger charge is 2.16. The maximum Gasteiger partial charge on any atom is 0.224 e. The number of fused-ring (bicyclic) bond motifs is 1. The van der Waals surface area contributed by atoms with Gasteiger partial charge in [-0.3, -0.25) is 0 Å². The molecule has 0 aliphatic carbocycles. The summed E-state index contributed by atoms with van der Waals surface area (Å²) < 4.78 is 6.19. The second-order valence-corrected chi connectivity index (χ2v) is 6.57. The summed E-state index contributed by atoms with van der Waals surface area (Å²) in [6.45, 7) is 4.47. The standard InChI is InChI=1S/C14H16ClN5OS/c1-7(16)5-9-8(2)11-12(22-9)13(20-14(15)19-11)18-6-10-17-3-4-21-10/h3-4,7H,5-6,16H2,1-2H3,(H,18,19,20)/t7-/m0/s1. The molecule has 0 aromatic carbocycles. The van der Waals surface area contributed by atoms with E-state index in [4.69, 9.17) is 21.8 Å². The Morgan fingerprint density at radius 2 is 2.27 bits per heavy atom. The third kappa shape index (κ3) is 3.06. The Balaban J connectivity index is 1.98. The fraction of sp³-hybridized carbons (Fsp3) is 0.357. The number of aryl methyl sites for hydroxylation is 1. The van der Waals surface area contributed by atoms with Gasteiger partial charge in [0.1, 0.15) is 12.1 Å². The van der Waals surface area contributed by atoms with Crippen LogP contribution < -0.4 is 11.1 Å². The SMILES string of the molecule is Cc1c(C[C@H](C)N)sc2c(NCc3ncco3)nc(Cl)nc12. The van der Waals surface area contributed by atoms with Crippen molar-refractivity contribution in [1.82, 2.24) is 15.0 Å². The fourth-order valence-electron chi connectivity index (χ4n) is 2.21. The topological polar surface area (TPSA) is 89.9 Å². The smallest absolute Gasteiger partial charge is 0.224 e. The summed E-state index contributed by atoms with van der Waals surface area (Å²) in [6.07, 6.45) is 3.95. The van der Waals surface area contributed by atoms with E-state index in [0.717, 1.165) is 22.2 Å². The quantitative estimate of drug-likeness (QED) is 0.695. The van der Waals surface area contributed by atoms with E-state index < -0.39 is 0 Å². The first-order valence-electron chi connectivity index (χ1n) is 6.88. The molecule has 3 aromatic heterocycles. The van der Waals surface area contributed by atoms with Crippen LogP contribution in [0.1, 0.15) is 23.3 Å². The summed E-state index contributed by atoms with van der Waals surface area (Å²) in [5.41, 5.74) is 7.90. The van der Waals surface area contributed by atoms with Gasteiger partial charge in [-0.25, -0.2) is 9.97 Å². The average Bonchev–Trinajstić information content (AvgIpc) is 3.07. The second kappa shape index (κ2) is 6.20. The lowest BCUT2D eigenvalue weighted by Crippen LogP contribution is -2.17. The molecule has 0 spiro atoms. The lowest BCUT2D eigenvalue weighted by atomic mass is 10.1. The van der Waals surface area contributed by atoms with Crippen LogP contribution in [-0.2, 0) is 13.0 Å². The third-order valence-electron chi connectivity index (χ3n) is 3.23. The Labute approximate surface area is 136 Å². The minimum atomic E-state index is 0.0962. The molecule has 0 unspecified atom stereocenters. The van der Waals surface area contributed by atoms with Crippen molar-refractivity contribution in [3.63, 3.8) is 0 Å². The molecule has 0 radical (unpaired) electrons. The van der Waals surface area contributed by atoms with Crippen LogP contribution in [0.25, 0.3) is 10.2 Å². The van der Waals surface area contributed by atoms with E-state index in [0.29, 0.717) is 18.3 Å². The zero-order valence-electron chi connectivity index (χ0n) is 12.3. The molecule has 0 bridgehead atoms. The molecule has 6 nitrogen and oxygen atoms in total. The predicted molar refractivity (Wildman–Crippen MR) is 88.3 cm³/mol. The summed E-state index contributed by atoms with van der Waals surface area (Å²) in [7, 11) is 0. The minimum absolute atomic E-state index is 0.0962. The first-order valence-corrected chi connectivity index (χ1v) is 8.07. The van der Waals surface area contributed by atoms with Crippen molar-refractivity contribution in [2.24, 2.45) is 5.73 Å². The molecule has 3 N–H and O–H groups in total. The summed E-state index contributed by atoms with van der Waals surface area (Å²) in [5.74, 6) is 1.28. The molecule has 22 heavy (non-hydrogen) atoms. The van der Waals surface area contributed by atoms with Crippen molar-refractivity contribution in [2.45, 2.75) is 32.9 Å². The zero-order chi connectivity index (χ0) is 15.7. The number of halogens is 1. The second-order valence-electron chi connectivity index (χ2n) is 5.13. The maximum absolute atomic E-state index is 6.05. The number of anilines is 1. The Morgan fingerprint density at radius 1 is 1.45 bits per heavy atom. The molecule has 0 saturated carbocycles. The summed E-state index contributed by atoms with van der Waals surface area (Å²) in [5, 5.41) is 3.43. The van der Waals surface area contributed by atoms with Gasteiger partial charge in [0.15, 0.2) is 0 Å². The van der Waals surface area contributed by atoms with E-state index in [2.05, 4.69) is 20.3 Å². The molecular formula is C14H16ClN5OS. The summed E-state index contributed by atoms with van der Waals surface area (Å²) in [4.78, 5) is 13.9. The van der Waals surface area contributed by atoms with E-state index in [-0.39, 0.29) is 11.3 Å². The van der Waals surface area contributed by atoms with Crippen LogP contribution in [0.2, 0.25) is 5.28 Å². The normalized spacial score (nSPS) is 12.7. The molecule has 0 aliphatic heterocycles. The van der Waals surface area contributed by atoms with Crippen molar-refractivity contribution >= 4 is 39.0 Å². The average molecular weight is 338 g/mol. The molecule has 0 amide bonds. The molecule has 1 atom stereocenters. The van der Waals surface area contributed by atoms with Crippen LogP contribution in [0.15, 0.2) is 16.9 Å². The van der Waals surface area contributed by atoms with Gasteiger partial charge in [0.05, 0.1) is 23.0 Å². The van der Waals surface area contributed by atoms with Gasteiger partial charge in [-0.1, -0.05) is 0 Å². The highest BCUT2D eigenvalue weighted by molar-refractivity contribution is 7.19. The summed E-state index contributed by atoms with van der Waals surface area (Å²) >= 11 is 7.70. The van der Waals surface area contributed by atoms with Crippen LogP contribution in [0, 0.1) is 6.92 Å². The number of nitrogens with one attached hydrogen (secondary N) is 1. The largest absolute Gasteiger partial charge is 0.447 e. The van der Waals surface area contributed by atoms with Gasteiger partial charge in [-0.15, -0.1) is 11.3 Å². The lowest BCUT2D eigenvalue weighted by Gasteiger charge is -2.04. The molecule has 0 saturated heterocycles. The Morgan fingerprint density at radius 3 is 2.95 bits per heavy atom. The van der Waals surface area contributed by atoms with Gasteiger partial charge in [0, 0.05) is 10.9 Å². The number of nitrogens with zero attached hydrogens (tertiary/aromatic N) is 3. The van der Waals surface area contributed by atoms with E-state index >= 15 is 0 Å². The van der Waals surface area contributed by atoms with Crippen molar-refractivity contribution in [2.75, 3.05) is 5.32 Å². The van der Waals surface area contributed by atoms with E-state index in [1.54, 1.807) is 17.5 Å². The van der Waals surface area contributed by atoms with Crippen molar-refractivity contribution in [1.29, 1.82) is 0 Å². The third-order valence-corrected chi connectivity index (χ3v) is 4.71. The molecule has 8 heteroatoms. The predicted octanol–water partition coefficient (Wildman–Crippen LogP) is 3.14. The Bertz CT molecular complexity index is 784. The number of hydrogen-bond acceptors (Lipinski definition) is 7. The highest BCUT2D eigenvalue weighted by atomic mass is 35.5. The first kappa shape index (κ1) is 15.2. The monoisotopic (exact) mass is 337 g/mol. The lowest BCUT2D eigenvalue weighted by molar-refractivity contribution is 0.503. The number of oxazole rings is 1. The van der Waals surface area contributed by atoms with E-state index in [1.165, 1.54) is 11.1 Å². The molecule has 3 aromatic rings. The van der Waals surface area contributed by atoms with Crippen molar-refractivity contribution < 1.29 is 4.42 Å². The van der Waals surface area contributed by atoms with Crippen LogP contribution in [0.3, 0.4) is 0 Å². The number of thiophene rings is 1. The van der Waals surface area contributed by atoms with Crippen LogP contribution in [0.4, 0.5) is 5.82 Å². The van der Waals surface area contributed by atoms with Gasteiger partial charge >= 0.3 is 0 Å². The molecular weight excluding hydrogens is 322 g/mol. The van der Waals surface area contributed by atoms with Crippen molar-refractivity contribution in [3.05, 3.63) is 34.1 Å². The fourth-order valence-corrected chi connectivity index (χ4v) is 3.73. The molecule has 3 rings (SSSR count). The maximum atomic E-state index is 6.05. The van der Waals surface area contributed by atoms with Gasteiger partial charge in [0.2, 0.25) is 11.2 Å². The number of aromatic nitrogens is 3. The highest BCUT2D eigenvalue weighted by Crippen LogP contribution is 2.35. The molecule has 3 heterocycles. The van der Waals surface area contributed by atoms with Gasteiger partial charge in [0.25, 0.3) is 0 Å². The van der Waals surface area contributed by atoms with Crippen LogP contribution in [0.5, 0.6) is 0 Å². The summed E-state index contributed by atoms with van der Waals surface area (Å²) in [6, 6.07) is 0.0962. The number of rotatable bonds is 5. The Hall–Kier alpha value is -1.70. The van der Waals surface area contributed by atoms with Gasteiger partial charge < -0.3 is 15.5 Å². The van der Waals surface area contributed by atoms with Crippen LogP contribution in [-0.4, -0.2) is 21.0 Å². The molecule has 0 aliphatic rings. The Kier molecular flexibility index (Phi) is 4.28. The van der Waals surface area contributed by atoms with Crippen molar-refractivity contribution in [3.8, 4) is 0 Å². The zero-order valence-corrected chi connectivity index (χ0v) is 13.8. The molecule has 116 valence electrons.